The highest BCUT2D eigenvalue weighted by Gasteiger charge is 2.10. The smallest absolute Gasteiger partial charge is 0.337 e. The molecular weight excluding hydrogens is 405 g/mol. The molecule has 0 aliphatic carbocycles. The Balaban J connectivity index is 1.86. The Morgan fingerprint density at radius 1 is 1.07 bits per heavy atom. The van der Waals surface area contributed by atoms with E-state index in [2.05, 4.69) is 11.8 Å². The number of methoxy groups -OCH3 is 1. The first-order valence-corrected chi connectivity index (χ1v) is 9.81. The summed E-state index contributed by atoms with van der Waals surface area (Å²) in [6.45, 7) is 0. The van der Waals surface area contributed by atoms with Crippen LogP contribution in [0.4, 0.5) is 10.1 Å². The summed E-state index contributed by atoms with van der Waals surface area (Å²) < 4.78 is 17.9. The van der Waals surface area contributed by atoms with Crippen molar-refractivity contribution >= 4 is 23.4 Å². The molecule has 3 aromatic rings. The number of carbonyl (C=O) groups is 1. The van der Waals surface area contributed by atoms with E-state index in [4.69, 9.17) is 4.74 Å². The fourth-order valence-corrected chi connectivity index (χ4v) is 3.49. The lowest BCUT2D eigenvalue weighted by Gasteiger charge is -2.07. The number of nitrogens with zero attached hydrogens (tertiary/aromatic N) is 1. The molecule has 30 heavy (non-hydrogen) atoms. The van der Waals surface area contributed by atoms with Crippen LogP contribution in [0.15, 0.2) is 71.6 Å². The quantitative estimate of drug-likeness (QED) is 0.186. The predicted octanol–water partition coefficient (Wildman–Crippen LogP) is 5.21. The van der Waals surface area contributed by atoms with E-state index in [0.29, 0.717) is 22.4 Å². The number of halogens is 1. The molecule has 0 bridgehead atoms. The molecule has 3 aromatic carbocycles. The zero-order valence-electron chi connectivity index (χ0n) is 15.9. The first-order chi connectivity index (χ1) is 14.5. The molecule has 0 aliphatic rings. The third-order valence-electron chi connectivity index (χ3n) is 4.13. The molecule has 7 heteroatoms. The molecule has 0 saturated carbocycles. The van der Waals surface area contributed by atoms with E-state index in [0.717, 1.165) is 10.5 Å². The molecular formula is C23H16FNO4S. The molecule has 0 aromatic heterocycles. The number of esters is 1. The number of rotatable bonds is 5. The molecule has 0 heterocycles. The SMILES string of the molecule is COC(=O)c1ccc(SCc2ccc([N+](=O)[O-])cc2)c(C#Cc2ccc(F)cc2)c1. The summed E-state index contributed by atoms with van der Waals surface area (Å²) in [5.74, 6) is 5.78. The number of thioether (sulfide) groups is 1. The number of benzene rings is 3. The van der Waals surface area contributed by atoms with Gasteiger partial charge in [-0.05, 0) is 48.0 Å². The van der Waals surface area contributed by atoms with Gasteiger partial charge in [0, 0.05) is 33.9 Å². The average Bonchev–Trinajstić information content (AvgIpc) is 2.77. The van der Waals surface area contributed by atoms with E-state index in [-0.39, 0.29) is 11.5 Å². The molecule has 0 spiro atoms. The second-order valence-corrected chi connectivity index (χ2v) is 7.19. The van der Waals surface area contributed by atoms with Crippen LogP contribution in [0.5, 0.6) is 0 Å². The van der Waals surface area contributed by atoms with E-state index < -0.39 is 10.9 Å². The first-order valence-electron chi connectivity index (χ1n) is 8.82. The number of carbonyl (C=O) groups excluding carboxylic acids is 1. The fourth-order valence-electron chi connectivity index (χ4n) is 2.55. The summed E-state index contributed by atoms with van der Waals surface area (Å²) in [4.78, 5) is 23.1. The summed E-state index contributed by atoms with van der Waals surface area (Å²) in [5.41, 5.74) is 2.61. The minimum atomic E-state index is -0.466. The van der Waals surface area contributed by atoms with Gasteiger partial charge in [0.2, 0.25) is 0 Å². The van der Waals surface area contributed by atoms with Gasteiger partial charge in [-0.3, -0.25) is 10.1 Å². The van der Waals surface area contributed by atoms with Crippen LogP contribution < -0.4 is 0 Å². The monoisotopic (exact) mass is 421 g/mol. The van der Waals surface area contributed by atoms with E-state index in [1.54, 1.807) is 42.5 Å². The molecule has 5 nitrogen and oxygen atoms in total. The van der Waals surface area contributed by atoms with Gasteiger partial charge < -0.3 is 4.74 Å². The van der Waals surface area contributed by atoms with E-state index in [1.165, 1.54) is 43.1 Å². The second-order valence-electron chi connectivity index (χ2n) is 6.17. The number of nitro benzene ring substituents is 1. The van der Waals surface area contributed by atoms with Crippen molar-refractivity contribution in [1.29, 1.82) is 0 Å². The van der Waals surface area contributed by atoms with Crippen LogP contribution in [0.1, 0.15) is 27.0 Å². The van der Waals surface area contributed by atoms with Gasteiger partial charge in [0.15, 0.2) is 0 Å². The van der Waals surface area contributed by atoms with Gasteiger partial charge in [0.25, 0.3) is 5.69 Å². The van der Waals surface area contributed by atoms with Crippen LogP contribution in [-0.2, 0) is 10.5 Å². The summed E-state index contributed by atoms with van der Waals surface area (Å²) in [6.07, 6.45) is 0. The van der Waals surface area contributed by atoms with Crippen LogP contribution in [-0.4, -0.2) is 18.0 Å². The van der Waals surface area contributed by atoms with Gasteiger partial charge in [-0.25, -0.2) is 9.18 Å². The fraction of sp³-hybridized carbons (Fsp3) is 0.0870. The Morgan fingerprint density at radius 3 is 2.40 bits per heavy atom. The molecule has 0 saturated heterocycles. The van der Waals surface area contributed by atoms with E-state index in [9.17, 15) is 19.3 Å². The summed E-state index contributed by atoms with van der Waals surface area (Å²) in [6, 6.07) is 17.3. The highest BCUT2D eigenvalue weighted by molar-refractivity contribution is 7.98. The van der Waals surface area contributed by atoms with Gasteiger partial charge in [-0.1, -0.05) is 24.0 Å². The lowest BCUT2D eigenvalue weighted by Crippen LogP contribution is -2.01. The van der Waals surface area contributed by atoms with Crippen LogP contribution in [0, 0.1) is 27.8 Å². The van der Waals surface area contributed by atoms with Crippen LogP contribution in [0.2, 0.25) is 0 Å². The van der Waals surface area contributed by atoms with Gasteiger partial charge in [0.05, 0.1) is 17.6 Å². The molecule has 0 aliphatic heterocycles. The van der Waals surface area contributed by atoms with Crippen molar-refractivity contribution in [2.75, 3.05) is 7.11 Å². The van der Waals surface area contributed by atoms with Crippen molar-refractivity contribution in [3.63, 3.8) is 0 Å². The van der Waals surface area contributed by atoms with Crippen molar-refractivity contribution in [2.24, 2.45) is 0 Å². The normalized spacial score (nSPS) is 10.1. The minimum Gasteiger partial charge on any atom is -0.465 e. The van der Waals surface area contributed by atoms with Gasteiger partial charge in [-0.15, -0.1) is 11.8 Å². The Morgan fingerprint density at radius 2 is 1.77 bits per heavy atom. The van der Waals surface area contributed by atoms with Crippen LogP contribution >= 0.6 is 11.8 Å². The zero-order valence-corrected chi connectivity index (χ0v) is 16.7. The first kappa shape index (κ1) is 21.1. The highest BCUT2D eigenvalue weighted by Crippen LogP contribution is 2.28. The van der Waals surface area contributed by atoms with Gasteiger partial charge in [-0.2, -0.15) is 0 Å². The van der Waals surface area contributed by atoms with Crippen LogP contribution in [0.25, 0.3) is 0 Å². The molecule has 0 fully saturated rings. The van der Waals surface area contributed by atoms with Crippen molar-refractivity contribution in [1.82, 2.24) is 0 Å². The van der Waals surface area contributed by atoms with Crippen molar-refractivity contribution < 1.29 is 18.8 Å². The third kappa shape index (κ3) is 5.46. The maximum atomic E-state index is 13.1. The lowest BCUT2D eigenvalue weighted by atomic mass is 10.1. The molecule has 0 amide bonds. The van der Waals surface area contributed by atoms with Crippen molar-refractivity contribution in [3.05, 3.63) is 105 Å². The number of nitro groups is 1. The summed E-state index contributed by atoms with van der Waals surface area (Å²) in [7, 11) is 1.31. The highest BCUT2D eigenvalue weighted by atomic mass is 32.2. The van der Waals surface area contributed by atoms with E-state index >= 15 is 0 Å². The van der Waals surface area contributed by atoms with Crippen LogP contribution in [0.3, 0.4) is 0 Å². The molecule has 0 unspecified atom stereocenters. The predicted molar refractivity (Wildman–Crippen MR) is 113 cm³/mol. The molecule has 0 radical (unpaired) electrons. The topological polar surface area (TPSA) is 69.4 Å². The number of hydrogen-bond acceptors (Lipinski definition) is 5. The number of ether oxygens (including phenoxy) is 1. The van der Waals surface area contributed by atoms with Gasteiger partial charge in [0.1, 0.15) is 5.82 Å². The maximum Gasteiger partial charge on any atom is 0.337 e. The Hall–Kier alpha value is -3.63. The molecule has 150 valence electrons. The third-order valence-corrected chi connectivity index (χ3v) is 5.27. The Labute approximate surface area is 177 Å². The summed E-state index contributed by atoms with van der Waals surface area (Å²) >= 11 is 1.50. The number of non-ortho nitro benzene ring substituents is 1. The zero-order chi connectivity index (χ0) is 21.5. The maximum absolute atomic E-state index is 13.1. The molecule has 0 N–H and O–H groups in total. The van der Waals surface area contributed by atoms with Crippen molar-refractivity contribution in [2.45, 2.75) is 10.6 Å². The lowest BCUT2D eigenvalue weighted by molar-refractivity contribution is -0.384. The molecule has 3 rings (SSSR count). The Bertz CT molecular complexity index is 1130. The minimum absolute atomic E-state index is 0.0389. The average molecular weight is 421 g/mol. The van der Waals surface area contributed by atoms with E-state index in [1.807, 2.05) is 0 Å². The van der Waals surface area contributed by atoms with Gasteiger partial charge >= 0.3 is 5.97 Å². The summed E-state index contributed by atoms with van der Waals surface area (Å²) in [5, 5.41) is 10.8. The standard InChI is InChI=1S/C23H16FNO4S/c1-29-23(26)19-8-13-22(30-15-17-5-11-21(12-6-17)25(27)28)18(14-19)7-2-16-3-9-20(24)10-4-16/h3-6,8-14H,15H2,1H3. The largest absolute Gasteiger partial charge is 0.465 e. The van der Waals surface area contributed by atoms with Crippen molar-refractivity contribution in [3.8, 4) is 11.8 Å². The number of hydrogen-bond donors (Lipinski definition) is 0. The molecule has 0 atom stereocenters. The second kappa shape index (κ2) is 9.72. The Kier molecular flexibility index (Phi) is 6.83.